The van der Waals surface area contributed by atoms with Crippen LogP contribution in [0.1, 0.15) is 83.1 Å². The Bertz CT molecular complexity index is 1650. The first-order valence-corrected chi connectivity index (χ1v) is 19.1. The third-order valence-electron chi connectivity index (χ3n) is 10.2. The Balaban J connectivity index is 2.01. The van der Waals surface area contributed by atoms with E-state index in [1.807, 2.05) is 0 Å². The average molecular weight is 801 g/mol. The second kappa shape index (κ2) is 22.0. The molecule has 1 heterocycles. The van der Waals surface area contributed by atoms with Crippen molar-refractivity contribution in [3.05, 3.63) is 29.8 Å². The highest BCUT2D eigenvalue weighted by Gasteiger charge is 2.41. The van der Waals surface area contributed by atoms with E-state index in [2.05, 4.69) is 20.9 Å². The zero-order valence-corrected chi connectivity index (χ0v) is 32.2. The van der Waals surface area contributed by atoms with E-state index in [1.165, 1.54) is 6.92 Å². The second-order valence-electron chi connectivity index (χ2n) is 14.5. The summed E-state index contributed by atoms with van der Waals surface area (Å²) in [5, 5.41) is 27.8. The summed E-state index contributed by atoms with van der Waals surface area (Å²) in [6.07, 6.45) is 2.95. The molecule has 20 heteroatoms. The molecule has 20 nitrogen and oxygen atoms in total. The van der Waals surface area contributed by atoms with E-state index in [4.69, 9.17) is 22.9 Å². The molecule has 0 radical (unpaired) electrons. The molecule has 1 aromatic rings. The Morgan fingerprint density at radius 3 is 2.11 bits per heavy atom. The largest absolute Gasteiger partial charge is 0.481 e. The number of nitrogen functional groups attached to an aromatic ring is 1. The highest BCUT2D eigenvalue weighted by molar-refractivity contribution is 5.97. The van der Waals surface area contributed by atoms with E-state index in [-0.39, 0.29) is 50.7 Å². The molecule has 0 spiro atoms. The lowest BCUT2D eigenvalue weighted by molar-refractivity contribution is -0.155. The third-order valence-corrected chi connectivity index (χ3v) is 10.2. The number of hydrogen-bond acceptors (Lipinski definition) is 10. The normalized spacial score (nSPS) is 17.6. The van der Waals surface area contributed by atoms with Crippen molar-refractivity contribution in [1.82, 2.24) is 25.8 Å². The number of likely N-dealkylation sites (tertiary alicyclic amines) is 1. The van der Waals surface area contributed by atoms with E-state index in [0.717, 1.165) is 24.2 Å². The van der Waals surface area contributed by atoms with Gasteiger partial charge in [0, 0.05) is 38.5 Å². The summed E-state index contributed by atoms with van der Waals surface area (Å²) in [5.41, 5.74) is 23.5. The molecule has 3 rings (SSSR count). The third kappa shape index (κ3) is 14.3. The maximum atomic E-state index is 14.6. The van der Waals surface area contributed by atoms with E-state index >= 15 is 0 Å². The number of nitrogens with two attached hydrogens (primary N) is 4. The number of carbonyl (C=O) groups is 8. The van der Waals surface area contributed by atoms with Gasteiger partial charge in [0.1, 0.15) is 36.8 Å². The van der Waals surface area contributed by atoms with Gasteiger partial charge in [0.2, 0.25) is 35.4 Å². The number of nitrogens with zero attached hydrogens (tertiary/aromatic N) is 3. The van der Waals surface area contributed by atoms with Gasteiger partial charge in [-0.2, -0.15) is 0 Å². The molecule has 57 heavy (non-hydrogen) atoms. The standard InChI is InChI=1S/C37H56N10O10/c1-21(48)43-26(19-22-11-13-24(38)14-12-22)33(53)45-31(23-7-3-2-4-8-23)34(54)44-25(9-5-17-42-37(40)41)35(55)47(28(36(56)57)15-16-30(50)51)20-29(49)46-18-6-10-27(46)32(39)52/h11-14,23,25-28,31H,2-10,15-20,38H2,1H3,(H2,39,52)(H,43,48)(H,44,54)(H,45,53)(H,50,51)(H,56,57)(H4,40,41,42)/t25-,26+,27-,28?,31-/m0/s1. The van der Waals surface area contributed by atoms with Gasteiger partial charge in [-0.25, -0.2) is 4.79 Å². The fourth-order valence-corrected chi connectivity index (χ4v) is 7.30. The van der Waals surface area contributed by atoms with Crippen LogP contribution in [0.5, 0.6) is 0 Å². The fourth-order valence-electron chi connectivity index (χ4n) is 7.30. The summed E-state index contributed by atoms with van der Waals surface area (Å²) in [7, 11) is 0. The lowest BCUT2D eigenvalue weighted by atomic mass is 9.83. The smallest absolute Gasteiger partial charge is 0.326 e. The number of guanidine groups is 1. The number of aliphatic imine (C=N–C) groups is 1. The van der Waals surface area contributed by atoms with Crippen LogP contribution in [0.4, 0.5) is 5.69 Å². The summed E-state index contributed by atoms with van der Waals surface area (Å²) >= 11 is 0. The molecular formula is C37H56N10O10. The topological polar surface area (TPSA) is 336 Å². The molecule has 1 aliphatic carbocycles. The number of nitrogens with one attached hydrogen (secondary N) is 3. The molecule has 1 aliphatic heterocycles. The minimum atomic E-state index is -1.83. The van der Waals surface area contributed by atoms with E-state index in [1.54, 1.807) is 24.3 Å². The number of carbonyl (C=O) groups excluding carboxylic acids is 6. The number of hydrogen-bond donors (Lipinski definition) is 9. The molecule has 2 aliphatic rings. The predicted octanol–water partition coefficient (Wildman–Crippen LogP) is -1.46. The van der Waals surface area contributed by atoms with Crippen LogP contribution in [-0.2, 0) is 44.8 Å². The Labute approximate surface area is 330 Å². The SMILES string of the molecule is CC(=O)N[C@H](Cc1ccc(N)cc1)C(=O)N[C@H](C(=O)N[C@@H](CCCN=C(N)N)C(=O)N(CC(=O)N1CCC[C@H]1C(N)=O)C(CCC(=O)O)C(=O)O)C1CCCCC1. The van der Waals surface area contributed by atoms with Crippen LogP contribution in [0.15, 0.2) is 29.3 Å². The van der Waals surface area contributed by atoms with Gasteiger partial charge in [-0.1, -0.05) is 31.4 Å². The molecule has 6 amide bonds. The predicted molar refractivity (Wildman–Crippen MR) is 206 cm³/mol. The summed E-state index contributed by atoms with van der Waals surface area (Å²) in [4.78, 5) is 111. The molecule has 13 N–H and O–H groups in total. The minimum absolute atomic E-state index is 0.00266. The molecule has 1 saturated carbocycles. The van der Waals surface area contributed by atoms with Crippen molar-refractivity contribution in [2.75, 3.05) is 25.4 Å². The average Bonchev–Trinajstić information content (AvgIpc) is 3.66. The quantitative estimate of drug-likeness (QED) is 0.0298. The van der Waals surface area contributed by atoms with Crippen molar-refractivity contribution in [3.63, 3.8) is 0 Å². The van der Waals surface area contributed by atoms with E-state index in [9.17, 15) is 48.6 Å². The summed E-state index contributed by atoms with van der Waals surface area (Å²) in [6, 6.07) is 0.0755. The molecule has 1 unspecified atom stereocenters. The number of rotatable bonds is 21. The molecule has 0 aromatic heterocycles. The molecule has 1 saturated heterocycles. The Morgan fingerprint density at radius 1 is 0.860 bits per heavy atom. The van der Waals surface area contributed by atoms with E-state index < -0.39 is 97.0 Å². The van der Waals surface area contributed by atoms with Crippen LogP contribution in [0.25, 0.3) is 0 Å². The number of benzene rings is 1. The molecule has 0 bridgehead atoms. The van der Waals surface area contributed by atoms with Crippen LogP contribution in [-0.4, -0.2) is 123 Å². The summed E-state index contributed by atoms with van der Waals surface area (Å²) < 4.78 is 0. The maximum Gasteiger partial charge on any atom is 0.326 e. The molecular weight excluding hydrogens is 744 g/mol. The Morgan fingerprint density at radius 2 is 1.53 bits per heavy atom. The van der Waals surface area contributed by atoms with Gasteiger partial charge in [-0.05, 0) is 68.6 Å². The summed E-state index contributed by atoms with van der Waals surface area (Å²) in [6.45, 7) is 0.497. The van der Waals surface area contributed by atoms with Crippen molar-refractivity contribution in [2.24, 2.45) is 28.1 Å². The van der Waals surface area contributed by atoms with Crippen molar-refractivity contribution in [1.29, 1.82) is 0 Å². The van der Waals surface area contributed by atoms with Crippen LogP contribution < -0.4 is 38.9 Å². The first-order valence-electron chi connectivity index (χ1n) is 19.1. The first kappa shape index (κ1) is 45.4. The fraction of sp³-hybridized carbons (Fsp3) is 0.595. The molecule has 1 aromatic carbocycles. The molecule has 2 fully saturated rings. The van der Waals surface area contributed by atoms with Crippen LogP contribution in [0.3, 0.4) is 0 Å². The number of carboxylic acids is 2. The number of primary amides is 1. The van der Waals surface area contributed by atoms with Crippen LogP contribution >= 0.6 is 0 Å². The highest BCUT2D eigenvalue weighted by atomic mass is 16.4. The number of carboxylic acid groups (broad SMARTS) is 2. The van der Waals surface area contributed by atoms with E-state index in [0.29, 0.717) is 35.4 Å². The zero-order chi connectivity index (χ0) is 42.2. The van der Waals surface area contributed by atoms with Gasteiger partial charge in [-0.15, -0.1) is 0 Å². The minimum Gasteiger partial charge on any atom is -0.481 e. The maximum absolute atomic E-state index is 14.6. The van der Waals surface area contributed by atoms with Crippen molar-refractivity contribution in [3.8, 4) is 0 Å². The number of aliphatic carboxylic acids is 2. The number of amides is 6. The van der Waals surface area contributed by atoms with Gasteiger partial charge in [-0.3, -0.25) is 38.6 Å². The number of anilines is 1. The highest BCUT2D eigenvalue weighted by Crippen LogP contribution is 2.27. The summed E-state index contributed by atoms with van der Waals surface area (Å²) in [5.74, 6) is -8.11. The van der Waals surface area contributed by atoms with Crippen molar-refractivity contribution >= 4 is 59.0 Å². The lowest BCUT2D eigenvalue weighted by Crippen LogP contribution is -2.61. The Hall–Kier alpha value is -5.95. The van der Waals surface area contributed by atoms with Gasteiger partial charge >= 0.3 is 11.9 Å². The van der Waals surface area contributed by atoms with Crippen molar-refractivity contribution in [2.45, 2.75) is 114 Å². The van der Waals surface area contributed by atoms with Crippen LogP contribution in [0, 0.1) is 5.92 Å². The van der Waals surface area contributed by atoms with Gasteiger partial charge < -0.3 is 58.9 Å². The zero-order valence-electron chi connectivity index (χ0n) is 32.2. The van der Waals surface area contributed by atoms with Gasteiger partial charge in [0.25, 0.3) is 0 Å². The first-order chi connectivity index (χ1) is 27.0. The molecule has 5 atom stereocenters. The second-order valence-corrected chi connectivity index (χ2v) is 14.5. The van der Waals surface area contributed by atoms with Gasteiger partial charge in [0.05, 0.1) is 0 Å². The van der Waals surface area contributed by atoms with Gasteiger partial charge in [0.15, 0.2) is 5.96 Å². The van der Waals surface area contributed by atoms with Crippen LogP contribution in [0.2, 0.25) is 0 Å². The monoisotopic (exact) mass is 800 g/mol. The molecule has 314 valence electrons. The van der Waals surface area contributed by atoms with Crippen molar-refractivity contribution < 1.29 is 48.6 Å². The Kier molecular flexibility index (Phi) is 17.5. The lowest BCUT2D eigenvalue weighted by Gasteiger charge is -2.35.